The van der Waals surface area contributed by atoms with Crippen molar-refractivity contribution in [2.75, 3.05) is 20.8 Å². The first-order chi connectivity index (χ1) is 13.3. The van der Waals surface area contributed by atoms with Gasteiger partial charge >= 0.3 is 0 Å². The van der Waals surface area contributed by atoms with E-state index >= 15 is 0 Å². The van der Waals surface area contributed by atoms with Gasteiger partial charge in [0.1, 0.15) is 0 Å². The summed E-state index contributed by atoms with van der Waals surface area (Å²) in [6.45, 7) is 2.48. The molecule has 138 valence electrons. The molecular weight excluding hydrogens is 342 g/mol. The van der Waals surface area contributed by atoms with E-state index < -0.39 is 0 Å². The Morgan fingerprint density at radius 2 is 2.00 bits per heavy atom. The highest BCUT2D eigenvalue weighted by molar-refractivity contribution is 5.53. The van der Waals surface area contributed by atoms with Crippen LogP contribution < -0.4 is 9.47 Å². The molecule has 7 heteroatoms. The van der Waals surface area contributed by atoms with Crippen LogP contribution in [0.4, 0.5) is 0 Å². The van der Waals surface area contributed by atoms with Crippen LogP contribution in [-0.4, -0.2) is 45.6 Å². The number of hydrogen-bond donors (Lipinski definition) is 0. The molecule has 0 saturated heterocycles. The second kappa shape index (κ2) is 7.67. The fourth-order valence-corrected chi connectivity index (χ4v) is 3.25. The summed E-state index contributed by atoms with van der Waals surface area (Å²) in [6, 6.07) is 7.74. The van der Waals surface area contributed by atoms with Crippen molar-refractivity contribution in [3.05, 3.63) is 59.7 Å². The van der Waals surface area contributed by atoms with Gasteiger partial charge < -0.3 is 9.47 Å². The third kappa shape index (κ3) is 3.73. The summed E-state index contributed by atoms with van der Waals surface area (Å²) in [4.78, 5) is 20.1. The van der Waals surface area contributed by atoms with Crippen molar-refractivity contribution in [3.63, 3.8) is 0 Å². The molecule has 0 aliphatic carbocycles. The van der Waals surface area contributed by atoms with E-state index in [1.54, 1.807) is 26.6 Å². The minimum absolute atomic E-state index is 0.552. The second-order valence-electron chi connectivity index (χ2n) is 6.39. The van der Waals surface area contributed by atoms with Crippen LogP contribution in [0.2, 0.25) is 0 Å². The van der Waals surface area contributed by atoms with E-state index in [1.165, 1.54) is 0 Å². The molecule has 4 rings (SSSR count). The van der Waals surface area contributed by atoms with Gasteiger partial charge in [0.05, 0.1) is 19.9 Å². The number of hydrogen-bond acceptors (Lipinski definition) is 7. The summed E-state index contributed by atoms with van der Waals surface area (Å²) < 4.78 is 10.6. The summed E-state index contributed by atoms with van der Waals surface area (Å²) in [6.07, 6.45) is 6.36. The lowest BCUT2D eigenvalue weighted by molar-refractivity contribution is 0.237. The highest BCUT2D eigenvalue weighted by atomic mass is 16.5. The van der Waals surface area contributed by atoms with Gasteiger partial charge in [-0.25, -0.2) is 9.97 Å². The van der Waals surface area contributed by atoms with E-state index in [1.807, 2.05) is 30.5 Å². The van der Waals surface area contributed by atoms with Gasteiger partial charge in [-0.2, -0.15) is 4.98 Å². The standard InChI is InChI=1S/C20H21N5O2/c1-26-18-6-5-15(20(24-18)27-2)12-25-9-7-17-16(13-25)11-22-19(23-17)14-4-3-8-21-10-14/h3-6,8,10-11H,7,9,12-13H2,1-2H3. The lowest BCUT2D eigenvalue weighted by atomic mass is 10.1. The maximum Gasteiger partial charge on any atom is 0.220 e. The summed E-state index contributed by atoms with van der Waals surface area (Å²) in [5, 5.41) is 0. The van der Waals surface area contributed by atoms with E-state index in [0.717, 1.165) is 54.3 Å². The highest BCUT2D eigenvalue weighted by Crippen LogP contribution is 2.25. The van der Waals surface area contributed by atoms with Gasteiger partial charge in [0.2, 0.25) is 11.8 Å². The number of methoxy groups -OCH3 is 2. The smallest absolute Gasteiger partial charge is 0.220 e. The molecule has 27 heavy (non-hydrogen) atoms. The maximum atomic E-state index is 5.42. The van der Waals surface area contributed by atoms with Gasteiger partial charge in [-0.1, -0.05) is 0 Å². The number of aromatic nitrogens is 4. The van der Waals surface area contributed by atoms with Crippen molar-refractivity contribution in [1.82, 2.24) is 24.8 Å². The fraction of sp³-hybridized carbons (Fsp3) is 0.300. The monoisotopic (exact) mass is 363 g/mol. The Labute approximate surface area is 158 Å². The first kappa shape index (κ1) is 17.4. The zero-order valence-corrected chi connectivity index (χ0v) is 15.4. The summed E-state index contributed by atoms with van der Waals surface area (Å²) in [5.74, 6) is 1.88. The zero-order chi connectivity index (χ0) is 18.6. The first-order valence-electron chi connectivity index (χ1n) is 8.82. The van der Waals surface area contributed by atoms with Crippen LogP contribution in [-0.2, 0) is 19.5 Å². The molecule has 0 spiro atoms. The normalized spacial score (nSPS) is 13.9. The molecule has 1 aliphatic rings. The van der Waals surface area contributed by atoms with Crippen LogP contribution in [0, 0.1) is 0 Å². The van der Waals surface area contributed by atoms with Gasteiger partial charge in [-0.15, -0.1) is 0 Å². The molecule has 0 amide bonds. The first-order valence-corrected chi connectivity index (χ1v) is 8.82. The number of pyridine rings is 2. The van der Waals surface area contributed by atoms with Crippen LogP contribution in [0.3, 0.4) is 0 Å². The molecular formula is C20H21N5O2. The van der Waals surface area contributed by atoms with Gasteiger partial charge in [-0.05, 0) is 18.2 Å². The Bertz CT molecular complexity index is 933. The Morgan fingerprint density at radius 3 is 2.78 bits per heavy atom. The van der Waals surface area contributed by atoms with Crippen molar-refractivity contribution in [3.8, 4) is 23.1 Å². The number of rotatable bonds is 5. The molecule has 3 aromatic rings. The Hall–Kier alpha value is -3.06. The van der Waals surface area contributed by atoms with E-state index in [4.69, 9.17) is 14.5 Å². The van der Waals surface area contributed by atoms with Crippen LogP contribution in [0.1, 0.15) is 16.8 Å². The van der Waals surface area contributed by atoms with Crippen molar-refractivity contribution >= 4 is 0 Å². The summed E-state index contributed by atoms with van der Waals surface area (Å²) in [5.41, 5.74) is 4.25. The van der Waals surface area contributed by atoms with Crippen molar-refractivity contribution < 1.29 is 9.47 Å². The minimum atomic E-state index is 0.552. The molecule has 0 saturated carbocycles. The fourth-order valence-electron chi connectivity index (χ4n) is 3.25. The largest absolute Gasteiger partial charge is 0.481 e. The predicted molar refractivity (Wildman–Crippen MR) is 100 cm³/mol. The third-order valence-electron chi connectivity index (χ3n) is 4.64. The maximum absolute atomic E-state index is 5.42. The molecule has 3 aromatic heterocycles. The summed E-state index contributed by atoms with van der Waals surface area (Å²) >= 11 is 0. The quantitative estimate of drug-likeness (QED) is 0.689. The van der Waals surface area contributed by atoms with Crippen molar-refractivity contribution in [1.29, 1.82) is 0 Å². The minimum Gasteiger partial charge on any atom is -0.481 e. The van der Waals surface area contributed by atoms with E-state index in [2.05, 4.69) is 19.9 Å². The number of nitrogens with zero attached hydrogens (tertiary/aromatic N) is 5. The Balaban J connectivity index is 1.51. The summed E-state index contributed by atoms with van der Waals surface area (Å²) in [7, 11) is 3.23. The lowest BCUT2D eigenvalue weighted by Gasteiger charge is -2.28. The third-order valence-corrected chi connectivity index (χ3v) is 4.64. The molecule has 0 fully saturated rings. The molecule has 0 aromatic carbocycles. The van der Waals surface area contributed by atoms with Crippen LogP contribution in [0.5, 0.6) is 11.8 Å². The average molecular weight is 363 g/mol. The van der Waals surface area contributed by atoms with Gasteiger partial charge in [0, 0.05) is 67.4 Å². The van der Waals surface area contributed by atoms with Crippen LogP contribution in [0.15, 0.2) is 42.9 Å². The molecule has 0 radical (unpaired) electrons. The van der Waals surface area contributed by atoms with Crippen LogP contribution in [0.25, 0.3) is 11.4 Å². The number of fused-ring (bicyclic) bond motifs is 1. The van der Waals surface area contributed by atoms with E-state index in [9.17, 15) is 0 Å². The van der Waals surface area contributed by atoms with Gasteiger partial charge in [0.15, 0.2) is 5.82 Å². The second-order valence-corrected chi connectivity index (χ2v) is 6.39. The topological polar surface area (TPSA) is 73.3 Å². The molecule has 0 bridgehead atoms. The molecule has 0 unspecified atom stereocenters. The van der Waals surface area contributed by atoms with E-state index in [-0.39, 0.29) is 0 Å². The van der Waals surface area contributed by atoms with Gasteiger partial charge in [0.25, 0.3) is 0 Å². The average Bonchev–Trinajstić information content (AvgIpc) is 2.74. The molecule has 0 N–H and O–H groups in total. The van der Waals surface area contributed by atoms with E-state index in [0.29, 0.717) is 11.8 Å². The molecule has 1 aliphatic heterocycles. The SMILES string of the molecule is COc1ccc(CN2CCc3nc(-c4cccnc4)ncc3C2)c(OC)n1. The Morgan fingerprint density at radius 1 is 1.07 bits per heavy atom. The van der Waals surface area contributed by atoms with Crippen LogP contribution >= 0.6 is 0 Å². The number of ether oxygens (including phenoxy) is 2. The molecule has 4 heterocycles. The Kier molecular flexibility index (Phi) is 4.93. The molecule has 7 nitrogen and oxygen atoms in total. The highest BCUT2D eigenvalue weighted by Gasteiger charge is 2.20. The van der Waals surface area contributed by atoms with Crippen molar-refractivity contribution in [2.24, 2.45) is 0 Å². The zero-order valence-electron chi connectivity index (χ0n) is 15.4. The lowest BCUT2D eigenvalue weighted by Crippen LogP contribution is -2.31. The van der Waals surface area contributed by atoms with Crippen molar-refractivity contribution in [2.45, 2.75) is 19.5 Å². The molecule has 0 atom stereocenters. The van der Waals surface area contributed by atoms with Gasteiger partial charge in [-0.3, -0.25) is 9.88 Å². The predicted octanol–water partition coefficient (Wildman–Crippen LogP) is 2.51.